The predicted molar refractivity (Wildman–Crippen MR) is 129 cm³/mol. The Hall–Kier alpha value is -3.80. The van der Waals surface area contributed by atoms with Gasteiger partial charge in [0.1, 0.15) is 5.75 Å². The highest BCUT2D eigenvalue weighted by Crippen LogP contribution is 2.19. The summed E-state index contributed by atoms with van der Waals surface area (Å²) in [4.78, 5) is 24.7. The molecule has 0 bridgehead atoms. The summed E-state index contributed by atoms with van der Waals surface area (Å²) in [6.07, 6.45) is 0.978. The van der Waals surface area contributed by atoms with E-state index in [2.05, 4.69) is 29.8 Å². The summed E-state index contributed by atoms with van der Waals surface area (Å²) in [5.74, 6) is 0.950. The maximum Gasteiger partial charge on any atom is 0.255 e. The van der Waals surface area contributed by atoms with Crippen LogP contribution in [0.2, 0.25) is 0 Å². The van der Waals surface area contributed by atoms with E-state index in [4.69, 9.17) is 4.74 Å². The zero-order chi connectivity index (χ0) is 22.8. The van der Waals surface area contributed by atoms with Gasteiger partial charge in [-0.15, -0.1) is 0 Å². The number of amides is 2. The summed E-state index contributed by atoms with van der Waals surface area (Å²) in [5.41, 5.74) is 2.65. The van der Waals surface area contributed by atoms with Crippen LogP contribution in [0.1, 0.15) is 30.6 Å². The molecule has 2 amide bonds. The second-order valence-electron chi connectivity index (χ2n) is 7.86. The Bertz CT molecular complexity index is 1040. The SMILES string of the molecule is CC(C)CCOc1cccc(NC(=O)CNc2cccc(NC(=O)c3ccccc3)c2)c1. The molecule has 0 heterocycles. The summed E-state index contributed by atoms with van der Waals surface area (Å²) in [6, 6.07) is 23.6. The number of rotatable bonds is 10. The summed E-state index contributed by atoms with van der Waals surface area (Å²) >= 11 is 0. The van der Waals surface area contributed by atoms with Crippen molar-refractivity contribution in [2.45, 2.75) is 20.3 Å². The Kier molecular flexibility index (Phi) is 8.26. The number of carbonyl (C=O) groups excluding carboxylic acids is 2. The maximum absolute atomic E-state index is 12.4. The molecule has 0 aliphatic carbocycles. The molecule has 3 aromatic rings. The Labute approximate surface area is 189 Å². The van der Waals surface area contributed by atoms with Gasteiger partial charge < -0.3 is 20.7 Å². The second kappa shape index (κ2) is 11.6. The molecule has 166 valence electrons. The summed E-state index contributed by atoms with van der Waals surface area (Å²) in [5, 5.41) is 8.82. The van der Waals surface area contributed by atoms with Crippen molar-refractivity contribution in [2.75, 3.05) is 29.1 Å². The van der Waals surface area contributed by atoms with Gasteiger partial charge in [0.25, 0.3) is 5.91 Å². The largest absolute Gasteiger partial charge is 0.494 e. The molecule has 0 aromatic heterocycles. The van der Waals surface area contributed by atoms with E-state index < -0.39 is 0 Å². The minimum atomic E-state index is -0.184. The standard InChI is InChI=1S/C26H29N3O3/c1-19(2)14-15-32-24-13-7-12-23(17-24)28-25(30)18-27-21-10-6-11-22(16-21)29-26(31)20-8-4-3-5-9-20/h3-13,16-17,19,27H,14-15,18H2,1-2H3,(H,28,30)(H,29,31). The van der Waals surface area contributed by atoms with Crippen molar-refractivity contribution in [3.8, 4) is 5.75 Å². The quantitative estimate of drug-likeness (QED) is 0.401. The third-order valence-electron chi connectivity index (χ3n) is 4.69. The smallest absolute Gasteiger partial charge is 0.255 e. The molecule has 3 aromatic carbocycles. The van der Waals surface area contributed by atoms with E-state index in [1.807, 2.05) is 54.6 Å². The van der Waals surface area contributed by atoms with Gasteiger partial charge in [-0.05, 0) is 54.8 Å². The lowest BCUT2D eigenvalue weighted by molar-refractivity contribution is -0.114. The van der Waals surface area contributed by atoms with Crippen molar-refractivity contribution < 1.29 is 14.3 Å². The number of hydrogen-bond donors (Lipinski definition) is 3. The predicted octanol–water partition coefficient (Wildman–Crippen LogP) is 5.41. The molecule has 0 aliphatic heterocycles. The molecule has 6 nitrogen and oxygen atoms in total. The summed E-state index contributed by atoms with van der Waals surface area (Å²) < 4.78 is 5.74. The highest BCUT2D eigenvalue weighted by Gasteiger charge is 2.07. The minimum Gasteiger partial charge on any atom is -0.494 e. The fraction of sp³-hybridized carbons (Fsp3) is 0.231. The summed E-state index contributed by atoms with van der Waals surface area (Å²) in [6.45, 7) is 5.04. The molecule has 0 aliphatic rings. The van der Waals surface area contributed by atoms with E-state index in [0.29, 0.717) is 29.5 Å². The van der Waals surface area contributed by atoms with Crippen LogP contribution in [-0.2, 0) is 4.79 Å². The van der Waals surface area contributed by atoms with Crippen molar-refractivity contribution in [3.63, 3.8) is 0 Å². The fourth-order valence-electron chi connectivity index (χ4n) is 2.96. The number of nitrogens with one attached hydrogen (secondary N) is 3. The lowest BCUT2D eigenvalue weighted by atomic mass is 10.1. The minimum absolute atomic E-state index is 0.0918. The molecule has 0 atom stereocenters. The van der Waals surface area contributed by atoms with Crippen molar-refractivity contribution in [1.82, 2.24) is 0 Å². The van der Waals surface area contributed by atoms with Gasteiger partial charge in [-0.2, -0.15) is 0 Å². The first-order valence-corrected chi connectivity index (χ1v) is 10.7. The molecule has 0 radical (unpaired) electrons. The van der Waals surface area contributed by atoms with Gasteiger partial charge in [0.05, 0.1) is 13.2 Å². The van der Waals surface area contributed by atoms with Crippen LogP contribution in [0.5, 0.6) is 5.75 Å². The van der Waals surface area contributed by atoms with E-state index in [-0.39, 0.29) is 18.4 Å². The first-order chi connectivity index (χ1) is 15.5. The molecule has 32 heavy (non-hydrogen) atoms. The van der Waals surface area contributed by atoms with Crippen LogP contribution in [0, 0.1) is 5.92 Å². The van der Waals surface area contributed by atoms with Crippen LogP contribution in [0.3, 0.4) is 0 Å². The summed E-state index contributed by atoms with van der Waals surface area (Å²) in [7, 11) is 0. The van der Waals surface area contributed by atoms with E-state index >= 15 is 0 Å². The number of hydrogen-bond acceptors (Lipinski definition) is 4. The molecule has 0 unspecified atom stereocenters. The van der Waals surface area contributed by atoms with Gasteiger partial charge in [0, 0.05) is 28.7 Å². The van der Waals surface area contributed by atoms with Crippen molar-refractivity contribution >= 4 is 28.9 Å². The first-order valence-electron chi connectivity index (χ1n) is 10.7. The molecule has 0 saturated carbocycles. The Morgan fingerprint density at radius 3 is 2.25 bits per heavy atom. The Morgan fingerprint density at radius 1 is 0.812 bits per heavy atom. The number of ether oxygens (including phenoxy) is 1. The number of carbonyl (C=O) groups is 2. The highest BCUT2D eigenvalue weighted by atomic mass is 16.5. The van der Waals surface area contributed by atoms with Gasteiger partial charge >= 0.3 is 0 Å². The van der Waals surface area contributed by atoms with Crippen molar-refractivity contribution in [2.24, 2.45) is 5.92 Å². The van der Waals surface area contributed by atoms with E-state index in [1.54, 1.807) is 24.3 Å². The molecule has 3 N–H and O–H groups in total. The van der Waals surface area contributed by atoms with Gasteiger partial charge in [0.15, 0.2) is 0 Å². The van der Waals surface area contributed by atoms with E-state index in [0.717, 1.165) is 17.9 Å². The van der Waals surface area contributed by atoms with Gasteiger partial charge in [-0.3, -0.25) is 9.59 Å². The van der Waals surface area contributed by atoms with E-state index in [1.165, 1.54) is 0 Å². The first kappa shape index (κ1) is 22.9. The van der Waals surface area contributed by atoms with Gasteiger partial charge in [-0.1, -0.05) is 44.2 Å². The Balaban J connectivity index is 1.50. The number of anilines is 3. The van der Waals surface area contributed by atoms with Crippen LogP contribution in [0.15, 0.2) is 78.9 Å². The van der Waals surface area contributed by atoms with Crippen LogP contribution in [0.25, 0.3) is 0 Å². The molecule has 0 fully saturated rings. The van der Waals surface area contributed by atoms with Crippen molar-refractivity contribution in [3.05, 3.63) is 84.4 Å². The third kappa shape index (κ3) is 7.47. The molecular formula is C26H29N3O3. The van der Waals surface area contributed by atoms with E-state index in [9.17, 15) is 9.59 Å². The fourth-order valence-corrected chi connectivity index (χ4v) is 2.96. The second-order valence-corrected chi connectivity index (χ2v) is 7.86. The normalized spacial score (nSPS) is 10.5. The van der Waals surface area contributed by atoms with Gasteiger partial charge in [-0.25, -0.2) is 0 Å². The van der Waals surface area contributed by atoms with Gasteiger partial charge in [0.2, 0.25) is 5.91 Å². The Morgan fingerprint density at radius 2 is 1.50 bits per heavy atom. The van der Waals surface area contributed by atoms with Crippen LogP contribution < -0.4 is 20.7 Å². The molecule has 0 spiro atoms. The maximum atomic E-state index is 12.4. The topological polar surface area (TPSA) is 79.5 Å². The van der Waals surface area contributed by atoms with Crippen LogP contribution >= 0.6 is 0 Å². The lowest BCUT2D eigenvalue weighted by Crippen LogP contribution is -2.21. The average molecular weight is 432 g/mol. The van der Waals surface area contributed by atoms with Crippen molar-refractivity contribution in [1.29, 1.82) is 0 Å². The monoisotopic (exact) mass is 431 g/mol. The molecule has 6 heteroatoms. The lowest BCUT2D eigenvalue weighted by Gasteiger charge is -2.12. The van der Waals surface area contributed by atoms with Crippen LogP contribution in [0.4, 0.5) is 17.1 Å². The zero-order valence-electron chi connectivity index (χ0n) is 18.4. The highest BCUT2D eigenvalue weighted by molar-refractivity contribution is 6.04. The number of benzene rings is 3. The molecule has 3 rings (SSSR count). The van der Waals surface area contributed by atoms with Crippen LogP contribution in [-0.4, -0.2) is 25.0 Å². The third-order valence-corrected chi connectivity index (χ3v) is 4.69. The average Bonchev–Trinajstić information content (AvgIpc) is 2.78. The molecular weight excluding hydrogens is 402 g/mol. The molecule has 0 saturated heterocycles. The zero-order valence-corrected chi connectivity index (χ0v) is 18.4.